The van der Waals surface area contributed by atoms with E-state index in [1.165, 1.54) is 32.1 Å². The molecule has 1 aliphatic heterocycles. The van der Waals surface area contributed by atoms with Gasteiger partial charge in [0.1, 0.15) is 0 Å². The van der Waals surface area contributed by atoms with Gasteiger partial charge in [-0.1, -0.05) is 25.2 Å². The fourth-order valence-corrected chi connectivity index (χ4v) is 3.23. The van der Waals surface area contributed by atoms with Crippen molar-refractivity contribution < 1.29 is 0 Å². The molecule has 2 rings (SSSR count). The molecule has 1 atom stereocenters. The van der Waals surface area contributed by atoms with Crippen molar-refractivity contribution in [2.75, 3.05) is 19.6 Å². The summed E-state index contributed by atoms with van der Waals surface area (Å²) in [7, 11) is 0. The molecule has 0 aromatic rings. The van der Waals surface area contributed by atoms with Crippen molar-refractivity contribution in [1.29, 1.82) is 0 Å². The second kappa shape index (κ2) is 5.42. The molecule has 17 heavy (non-hydrogen) atoms. The molecule has 1 unspecified atom stereocenters. The second-order valence-corrected chi connectivity index (χ2v) is 6.11. The molecule has 1 saturated heterocycles. The molecule has 0 aromatic carbocycles. The Morgan fingerprint density at radius 1 is 1.24 bits per heavy atom. The SMILES string of the molecule is C#CC(C)(C)N1CCNC(C2CCCCC2)C1. The van der Waals surface area contributed by atoms with E-state index in [2.05, 4.69) is 30.0 Å². The maximum Gasteiger partial charge on any atom is 0.0767 e. The number of terminal acetylenes is 1. The zero-order valence-corrected chi connectivity index (χ0v) is 11.3. The van der Waals surface area contributed by atoms with Gasteiger partial charge in [-0.15, -0.1) is 6.42 Å². The van der Waals surface area contributed by atoms with Crippen LogP contribution in [0.1, 0.15) is 46.0 Å². The number of nitrogens with zero attached hydrogens (tertiary/aromatic N) is 1. The van der Waals surface area contributed by atoms with Crippen molar-refractivity contribution in [2.24, 2.45) is 5.92 Å². The second-order valence-electron chi connectivity index (χ2n) is 6.11. The zero-order valence-electron chi connectivity index (χ0n) is 11.3. The third-order valence-corrected chi connectivity index (χ3v) is 4.57. The molecule has 2 nitrogen and oxygen atoms in total. The lowest BCUT2D eigenvalue weighted by Gasteiger charge is -2.44. The Kier molecular flexibility index (Phi) is 4.12. The highest BCUT2D eigenvalue weighted by atomic mass is 15.2. The fourth-order valence-electron chi connectivity index (χ4n) is 3.23. The summed E-state index contributed by atoms with van der Waals surface area (Å²) in [6.45, 7) is 7.63. The molecule has 0 amide bonds. The maximum absolute atomic E-state index is 5.65. The van der Waals surface area contributed by atoms with Gasteiger partial charge in [-0.2, -0.15) is 0 Å². The minimum Gasteiger partial charge on any atom is -0.311 e. The van der Waals surface area contributed by atoms with Crippen LogP contribution in [0.4, 0.5) is 0 Å². The van der Waals surface area contributed by atoms with Gasteiger partial charge >= 0.3 is 0 Å². The molecule has 0 spiro atoms. The van der Waals surface area contributed by atoms with Crippen LogP contribution in [0.25, 0.3) is 0 Å². The van der Waals surface area contributed by atoms with E-state index in [1.807, 2.05) is 0 Å². The molecule has 2 aliphatic rings. The zero-order chi connectivity index (χ0) is 12.3. The number of hydrogen-bond donors (Lipinski definition) is 1. The van der Waals surface area contributed by atoms with E-state index in [9.17, 15) is 0 Å². The predicted octanol–water partition coefficient (Wildman–Crippen LogP) is 2.25. The third kappa shape index (κ3) is 3.03. The van der Waals surface area contributed by atoms with Crippen molar-refractivity contribution in [3.8, 4) is 12.3 Å². The van der Waals surface area contributed by atoms with Crippen molar-refractivity contribution >= 4 is 0 Å². The summed E-state index contributed by atoms with van der Waals surface area (Å²) in [5.41, 5.74) is -0.0883. The lowest BCUT2D eigenvalue weighted by molar-refractivity contribution is 0.0920. The van der Waals surface area contributed by atoms with Crippen molar-refractivity contribution in [1.82, 2.24) is 10.2 Å². The first-order chi connectivity index (χ1) is 8.13. The van der Waals surface area contributed by atoms with Gasteiger partial charge < -0.3 is 5.32 Å². The molecular weight excluding hydrogens is 208 g/mol. The molecule has 0 aromatic heterocycles. The van der Waals surface area contributed by atoms with Crippen LogP contribution in [0.3, 0.4) is 0 Å². The number of nitrogens with one attached hydrogen (secondary N) is 1. The van der Waals surface area contributed by atoms with Gasteiger partial charge in [-0.05, 0) is 32.6 Å². The van der Waals surface area contributed by atoms with Crippen LogP contribution >= 0.6 is 0 Å². The molecule has 96 valence electrons. The Labute approximate surface area is 106 Å². The fraction of sp³-hybridized carbons (Fsp3) is 0.867. The first-order valence-electron chi connectivity index (χ1n) is 7.10. The van der Waals surface area contributed by atoms with Gasteiger partial charge in [-0.25, -0.2) is 0 Å². The molecule has 2 fully saturated rings. The van der Waals surface area contributed by atoms with E-state index >= 15 is 0 Å². The summed E-state index contributed by atoms with van der Waals surface area (Å²) in [4.78, 5) is 2.47. The number of hydrogen-bond acceptors (Lipinski definition) is 2. The van der Waals surface area contributed by atoms with Gasteiger partial charge in [0.25, 0.3) is 0 Å². The Morgan fingerprint density at radius 2 is 1.94 bits per heavy atom. The van der Waals surface area contributed by atoms with Crippen molar-refractivity contribution in [2.45, 2.75) is 57.5 Å². The van der Waals surface area contributed by atoms with Crippen molar-refractivity contribution in [3.05, 3.63) is 0 Å². The Bertz CT molecular complexity index is 284. The van der Waals surface area contributed by atoms with Crippen LogP contribution in [0.5, 0.6) is 0 Å². The van der Waals surface area contributed by atoms with E-state index in [0.717, 1.165) is 25.6 Å². The van der Waals surface area contributed by atoms with Crippen LogP contribution in [0.15, 0.2) is 0 Å². The molecule has 1 aliphatic carbocycles. The van der Waals surface area contributed by atoms with Crippen molar-refractivity contribution in [3.63, 3.8) is 0 Å². The van der Waals surface area contributed by atoms with E-state index in [1.54, 1.807) is 0 Å². The molecule has 0 bridgehead atoms. The van der Waals surface area contributed by atoms with Crippen LogP contribution in [-0.2, 0) is 0 Å². The monoisotopic (exact) mass is 234 g/mol. The summed E-state index contributed by atoms with van der Waals surface area (Å²) in [6, 6.07) is 0.664. The lowest BCUT2D eigenvalue weighted by Crippen LogP contribution is -2.59. The van der Waals surface area contributed by atoms with Crippen LogP contribution in [-0.4, -0.2) is 36.1 Å². The lowest BCUT2D eigenvalue weighted by atomic mass is 9.82. The quantitative estimate of drug-likeness (QED) is 0.737. The van der Waals surface area contributed by atoms with Gasteiger partial charge in [0.15, 0.2) is 0 Å². The van der Waals surface area contributed by atoms with E-state index in [0.29, 0.717) is 6.04 Å². The van der Waals surface area contributed by atoms with Gasteiger partial charge in [0.2, 0.25) is 0 Å². The molecule has 1 N–H and O–H groups in total. The first-order valence-corrected chi connectivity index (χ1v) is 7.10. The van der Waals surface area contributed by atoms with Crippen LogP contribution in [0.2, 0.25) is 0 Å². The molecule has 0 radical (unpaired) electrons. The van der Waals surface area contributed by atoms with E-state index in [-0.39, 0.29) is 5.54 Å². The van der Waals surface area contributed by atoms with Crippen LogP contribution in [0, 0.1) is 18.3 Å². The number of piperazine rings is 1. The van der Waals surface area contributed by atoms with Gasteiger partial charge in [0, 0.05) is 25.7 Å². The summed E-state index contributed by atoms with van der Waals surface area (Å²) in [5, 5.41) is 3.70. The molecular formula is C15H26N2. The standard InChI is InChI=1S/C15H26N2/c1-4-15(2,3)17-11-10-16-14(12-17)13-8-6-5-7-9-13/h1,13-14,16H,5-12H2,2-3H3. The van der Waals surface area contributed by atoms with Gasteiger partial charge in [-0.3, -0.25) is 4.90 Å². The highest BCUT2D eigenvalue weighted by molar-refractivity contribution is 5.10. The van der Waals surface area contributed by atoms with Crippen LogP contribution < -0.4 is 5.32 Å². The highest BCUT2D eigenvalue weighted by Gasteiger charge is 2.33. The number of rotatable bonds is 2. The molecule has 1 saturated carbocycles. The minimum atomic E-state index is -0.0883. The highest BCUT2D eigenvalue weighted by Crippen LogP contribution is 2.29. The Morgan fingerprint density at radius 3 is 2.59 bits per heavy atom. The van der Waals surface area contributed by atoms with E-state index in [4.69, 9.17) is 6.42 Å². The summed E-state index contributed by atoms with van der Waals surface area (Å²) < 4.78 is 0. The average molecular weight is 234 g/mol. The smallest absolute Gasteiger partial charge is 0.0767 e. The Hall–Kier alpha value is -0.520. The summed E-state index contributed by atoms with van der Waals surface area (Å²) in [6.07, 6.45) is 12.7. The average Bonchev–Trinajstić information content (AvgIpc) is 2.40. The minimum absolute atomic E-state index is 0.0883. The summed E-state index contributed by atoms with van der Waals surface area (Å²) in [5.74, 6) is 3.81. The normalized spacial score (nSPS) is 28.9. The van der Waals surface area contributed by atoms with Gasteiger partial charge in [0.05, 0.1) is 5.54 Å². The molecule has 1 heterocycles. The maximum atomic E-state index is 5.65. The first kappa shape index (κ1) is 12.9. The summed E-state index contributed by atoms with van der Waals surface area (Å²) >= 11 is 0. The van der Waals surface area contributed by atoms with E-state index < -0.39 is 0 Å². The largest absolute Gasteiger partial charge is 0.311 e. The molecule has 2 heteroatoms. The third-order valence-electron chi connectivity index (χ3n) is 4.57. The Balaban J connectivity index is 1.95. The predicted molar refractivity (Wildman–Crippen MR) is 72.9 cm³/mol. The topological polar surface area (TPSA) is 15.3 Å².